The zero-order valence-corrected chi connectivity index (χ0v) is 13.8. The molecule has 0 amide bonds. The summed E-state index contributed by atoms with van der Waals surface area (Å²) in [5.74, 6) is 1.23. The number of allylic oxidation sites excluding steroid dienone is 1. The van der Waals surface area contributed by atoms with E-state index in [0.29, 0.717) is 6.61 Å². The summed E-state index contributed by atoms with van der Waals surface area (Å²) < 4.78 is 6.20. The smallest absolute Gasteiger partial charge is 0.116 e. The van der Waals surface area contributed by atoms with Gasteiger partial charge in [0.15, 0.2) is 0 Å². The van der Waals surface area contributed by atoms with Crippen molar-refractivity contribution in [2.45, 2.75) is 12.8 Å². The van der Waals surface area contributed by atoms with Gasteiger partial charge in [-0.05, 0) is 29.2 Å². The second-order valence-electron chi connectivity index (χ2n) is 5.97. The van der Waals surface area contributed by atoms with Crippen LogP contribution >= 0.6 is 0 Å². The first-order chi connectivity index (χ1) is 11.9. The third-order valence-corrected chi connectivity index (χ3v) is 4.54. The highest BCUT2D eigenvalue weighted by Gasteiger charge is 2.34. The maximum atomic E-state index is 6.20. The van der Waals surface area contributed by atoms with Gasteiger partial charge in [0.05, 0.1) is 12.5 Å². The van der Waals surface area contributed by atoms with Crippen LogP contribution < -0.4 is 0 Å². The average Bonchev–Trinajstić information content (AvgIpc) is 2.97. The molecule has 0 radical (unpaired) electrons. The molecule has 0 fully saturated rings. The van der Waals surface area contributed by atoms with E-state index in [4.69, 9.17) is 4.74 Å². The fourth-order valence-corrected chi connectivity index (χ4v) is 3.58. The Balaban J connectivity index is 1.98. The predicted molar refractivity (Wildman–Crippen MR) is 98.8 cm³/mol. The summed E-state index contributed by atoms with van der Waals surface area (Å²) >= 11 is 0. The largest absolute Gasteiger partial charge is 0.497 e. The average molecular weight is 312 g/mol. The number of fused-ring (bicyclic) bond motifs is 1. The zero-order chi connectivity index (χ0) is 16.4. The highest BCUT2D eigenvalue weighted by Crippen LogP contribution is 2.48. The van der Waals surface area contributed by atoms with E-state index < -0.39 is 0 Å². The van der Waals surface area contributed by atoms with Crippen LogP contribution in [0.4, 0.5) is 0 Å². The summed E-state index contributed by atoms with van der Waals surface area (Å²) in [6, 6.07) is 29.9. The second-order valence-corrected chi connectivity index (χ2v) is 5.97. The van der Waals surface area contributed by atoms with Crippen LogP contribution in [0, 0.1) is 0 Å². The maximum Gasteiger partial charge on any atom is 0.116 e. The zero-order valence-electron chi connectivity index (χ0n) is 13.8. The van der Waals surface area contributed by atoms with Crippen molar-refractivity contribution in [1.29, 1.82) is 0 Å². The third-order valence-electron chi connectivity index (χ3n) is 4.54. The number of hydrogen-bond acceptors (Lipinski definition) is 1. The molecule has 3 aromatic rings. The van der Waals surface area contributed by atoms with Gasteiger partial charge < -0.3 is 4.74 Å². The van der Waals surface area contributed by atoms with Gasteiger partial charge in [-0.1, -0.05) is 84.9 Å². The molecule has 0 saturated heterocycles. The molecule has 0 aliphatic heterocycles. The maximum absolute atomic E-state index is 6.20. The molecule has 1 unspecified atom stereocenters. The van der Waals surface area contributed by atoms with E-state index in [-0.39, 0.29) is 5.92 Å². The van der Waals surface area contributed by atoms with Gasteiger partial charge in [-0.15, -0.1) is 0 Å². The van der Waals surface area contributed by atoms with Crippen molar-refractivity contribution in [3.8, 4) is 0 Å². The fraction of sp³-hybridized carbons (Fsp3) is 0.130. The van der Waals surface area contributed by atoms with Crippen molar-refractivity contribution in [2.75, 3.05) is 6.61 Å². The molecule has 0 spiro atoms. The first-order valence-corrected chi connectivity index (χ1v) is 8.46. The Morgan fingerprint density at radius 1 is 0.750 bits per heavy atom. The van der Waals surface area contributed by atoms with E-state index in [2.05, 4.69) is 91.9 Å². The van der Waals surface area contributed by atoms with Crippen LogP contribution in [0.1, 0.15) is 35.1 Å². The molecule has 4 rings (SSSR count). The summed E-state index contributed by atoms with van der Waals surface area (Å²) in [7, 11) is 0. The Bertz CT molecular complexity index is 863. The molecule has 24 heavy (non-hydrogen) atoms. The van der Waals surface area contributed by atoms with Crippen molar-refractivity contribution in [3.63, 3.8) is 0 Å². The van der Waals surface area contributed by atoms with Gasteiger partial charge in [0.25, 0.3) is 0 Å². The normalized spacial score (nSPS) is 16.1. The van der Waals surface area contributed by atoms with Gasteiger partial charge in [-0.2, -0.15) is 0 Å². The lowest BCUT2D eigenvalue weighted by Crippen LogP contribution is -2.04. The lowest BCUT2D eigenvalue weighted by Gasteiger charge is -2.18. The Morgan fingerprint density at radius 3 is 2.08 bits per heavy atom. The van der Waals surface area contributed by atoms with Crippen molar-refractivity contribution in [2.24, 2.45) is 0 Å². The van der Waals surface area contributed by atoms with Gasteiger partial charge in [-0.3, -0.25) is 0 Å². The quantitative estimate of drug-likeness (QED) is 0.607. The molecular weight excluding hydrogens is 292 g/mol. The summed E-state index contributed by atoms with van der Waals surface area (Å²) in [4.78, 5) is 0. The first kappa shape index (κ1) is 14.8. The van der Waals surface area contributed by atoms with E-state index >= 15 is 0 Å². The molecule has 1 nitrogen and oxygen atoms in total. The van der Waals surface area contributed by atoms with E-state index in [1.165, 1.54) is 27.8 Å². The molecule has 1 aliphatic rings. The minimum absolute atomic E-state index is 0.164. The Kier molecular flexibility index (Phi) is 3.92. The van der Waals surface area contributed by atoms with E-state index in [0.717, 1.165) is 5.76 Å². The van der Waals surface area contributed by atoms with Gasteiger partial charge in [-0.25, -0.2) is 0 Å². The molecule has 3 aromatic carbocycles. The topological polar surface area (TPSA) is 9.23 Å². The molecule has 1 aliphatic carbocycles. The predicted octanol–water partition coefficient (Wildman–Crippen LogP) is 5.63. The minimum Gasteiger partial charge on any atom is -0.497 e. The Labute approximate surface area is 143 Å². The lowest BCUT2D eigenvalue weighted by molar-refractivity contribution is 0.219. The van der Waals surface area contributed by atoms with Crippen molar-refractivity contribution < 1.29 is 4.74 Å². The monoisotopic (exact) mass is 312 g/mol. The number of ether oxygens (including phenoxy) is 1. The van der Waals surface area contributed by atoms with Crippen molar-refractivity contribution in [3.05, 3.63) is 113 Å². The van der Waals surface area contributed by atoms with Gasteiger partial charge in [0.1, 0.15) is 5.76 Å². The minimum atomic E-state index is 0.164. The van der Waals surface area contributed by atoms with Crippen LogP contribution in [0.15, 0.2) is 90.7 Å². The summed E-state index contributed by atoms with van der Waals surface area (Å²) in [6.45, 7) is 2.73. The number of benzene rings is 3. The molecule has 0 bridgehead atoms. The van der Waals surface area contributed by atoms with E-state index in [1.807, 2.05) is 0 Å². The van der Waals surface area contributed by atoms with Gasteiger partial charge >= 0.3 is 0 Å². The van der Waals surface area contributed by atoms with Gasteiger partial charge in [0.2, 0.25) is 0 Å². The number of hydrogen-bond donors (Lipinski definition) is 0. The van der Waals surface area contributed by atoms with Gasteiger partial charge in [0, 0.05) is 5.57 Å². The summed E-state index contributed by atoms with van der Waals surface area (Å²) in [6.07, 6.45) is 0. The highest BCUT2D eigenvalue weighted by molar-refractivity contribution is 5.88. The highest BCUT2D eigenvalue weighted by atomic mass is 16.5. The van der Waals surface area contributed by atoms with Crippen molar-refractivity contribution >= 4 is 5.57 Å². The summed E-state index contributed by atoms with van der Waals surface area (Å²) in [5, 5.41) is 0. The molecule has 0 saturated carbocycles. The third kappa shape index (κ3) is 2.43. The van der Waals surface area contributed by atoms with Crippen LogP contribution in [0.2, 0.25) is 0 Å². The van der Waals surface area contributed by atoms with Crippen LogP contribution in [0.25, 0.3) is 5.57 Å². The second kappa shape index (κ2) is 6.37. The standard InChI is InChI=1S/C23H20O/c1-2-24-23-21(17-11-5-3-6-12-17)19-15-9-10-16-20(19)22(23)18-13-7-4-8-14-18/h3-16,21H,2H2,1H3. The molecule has 1 atom stereocenters. The first-order valence-electron chi connectivity index (χ1n) is 8.46. The van der Waals surface area contributed by atoms with Crippen LogP contribution in [-0.2, 0) is 4.74 Å². The SMILES string of the molecule is CCOC1=C(c2ccccc2)c2ccccc2C1c1ccccc1. The molecule has 0 N–H and O–H groups in total. The summed E-state index contributed by atoms with van der Waals surface area (Å²) in [5.41, 5.74) is 6.32. The lowest BCUT2D eigenvalue weighted by atomic mass is 9.92. The molecule has 1 heteroatoms. The van der Waals surface area contributed by atoms with Crippen LogP contribution in [0.3, 0.4) is 0 Å². The number of rotatable bonds is 4. The Morgan fingerprint density at radius 2 is 1.38 bits per heavy atom. The fourth-order valence-electron chi connectivity index (χ4n) is 3.58. The Hall–Kier alpha value is -2.80. The van der Waals surface area contributed by atoms with Crippen LogP contribution in [-0.4, -0.2) is 6.61 Å². The molecule has 0 aromatic heterocycles. The van der Waals surface area contributed by atoms with Crippen molar-refractivity contribution in [1.82, 2.24) is 0 Å². The molecule has 0 heterocycles. The molecular formula is C23H20O. The van der Waals surface area contributed by atoms with E-state index in [9.17, 15) is 0 Å². The van der Waals surface area contributed by atoms with E-state index in [1.54, 1.807) is 0 Å². The molecule has 118 valence electrons. The van der Waals surface area contributed by atoms with Crippen LogP contribution in [0.5, 0.6) is 0 Å².